The summed E-state index contributed by atoms with van der Waals surface area (Å²) in [4.78, 5) is 38.8. The highest BCUT2D eigenvalue weighted by atomic mass is 32.2. The molecule has 2 atom stereocenters. The summed E-state index contributed by atoms with van der Waals surface area (Å²) < 4.78 is 51.7. The van der Waals surface area contributed by atoms with E-state index in [4.69, 9.17) is 9.47 Å². The molecular weight excluding hydrogens is 511 g/mol. The zero-order chi connectivity index (χ0) is 26.4. The minimum absolute atomic E-state index is 0.0465. The van der Waals surface area contributed by atoms with E-state index < -0.39 is 29.0 Å². The van der Waals surface area contributed by atoms with Gasteiger partial charge in [0, 0.05) is 18.3 Å². The number of aromatic nitrogens is 2. The largest absolute Gasteiger partial charge is 0.493 e. The highest BCUT2D eigenvalue weighted by molar-refractivity contribution is 8.15. The lowest BCUT2D eigenvalue weighted by molar-refractivity contribution is -0.137. The summed E-state index contributed by atoms with van der Waals surface area (Å²) in [5.41, 5.74) is 0.321. The highest BCUT2D eigenvalue weighted by Gasteiger charge is 2.32. The molecule has 192 valence electrons. The molecule has 2 amide bonds. The first kappa shape index (κ1) is 26.0. The van der Waals surface area contributed by atoms with Crippen LogP contribution >= 0.6 is 11.8 Å². The second-order valence-electron chi connectivity index (χ2n) is 7.95. The molecule has 1 aliphatic rings. The molecule has 0 radical (unpaired) electrons. The molecule has 2 heterocycles. The Morgan fingerprint density at radius 3 is 2.62 bits per heavy atom. The van der Waals surface area contributed by atoms with Crippen LogP contribution in [0.15, 0.2) is 79.6 Å². The van der Waals surface area contributed by atoms with E-state index in [1.807, 2.05) is 0 Å². The number of alkyl halides is 3. The molecule has 8 nitrogen and oxygen atoms in total. The van der Waals surface area contributed by atoms with Gasteiger partial charge in [-0.1, -0.05) is 42.1 Å². The Hall–Kier alpha value is -4.06. The average molecular weight is 532 g/mol. The van der Waals surface area contributed by atoms with Gasteiger partial charge in [-0.2, -0.15) is 13.2 Å². The molecule has 0 spiro atoms. The van der Waals surface area contributed by atoms with Gasteiger partial charge in [0.05, 0.1) is 23.7 Å². The Bertz CT molecular complexity index is 1290. The molecule has 4 rings (SSSR count). The molecule has 1 aliphatic heterocycles. The van der Waals surface area contributed by atoms with Gasteiger partial charge in [-0.3, -0.25) is 14.9 Å². The summed E-state index contributed by atoms with van der Waals surface area (Å²) in [6.45, 7) is -0.0465. The maximum atomic E-state index is 13.3. The van der Waals surface area contributed by atoms with E-state index in [0.29, 0.717) is 17.7 Å². The standard InChI is InChI=1S/C25H20F3N3O5S/c26-25(27,28)19-3-1-2-17(13-19)18(8-11-35-24(34)31-10-9-29-15-31)14-36-20-6-4-16(5-7-20)12-21-22(32)30-23(33)37-21/h1-11,13,15,18,21H,12,14H2,(H,30,32,33). The molecule has 1 saturated heterocycles. The predicted octanol–water partition coefficient (Wildman–Crippen LogP) is 5.16. The van der Waals surface area contributed by atoms with Crippen molar-refractivity contribution in [3.63, 3.8) is 0 Å². The van der Waals surface area contributed by atoms with Crippen molar-refractivity contribution in [1.29, 1.82) is 0 Å². The van der Waals surface area contributed by atoms with Gasteiger partial charge in [-0.25, -0.2) is 14.3 Å². The number of carbonyl (C=O) groups excluding carboxylic acids is 3. The van der Waals surface area contributed by atoms with Gasteiger partial charge in [0.1, 0.15) is 12.1 Å². The van der Waals surface area contributed by atoms with Gasteiger partial charge < -0.3 is 9.47 Å². The number of nitrogens with one attached hydrogen (secondary N) is 1. The lowest BCUT2D eigenvalue weighted by Gasteiger charge is -2.17. The molecule has 37 heavy (non-hydrogen) atoms. The lowest BCUT2D eigenvalue weighted by Crippen LogP contribution is -2.25. The van der Waals surface area contributed by atoms with Crippen LogP contribution in [0.25, 0.3) is 0 Å². The van der Waals surface area contributed by atoms with Crippen LogP contribution < -0.4 is 10.1 Å². The van der Waals surface area contributed by atoms with Crippen LogP contribution in [0.2, 0.25) is 0 Å². The molecular formula is C25H20F3N3O5S. The van der Waals surface area contributed by atoms with Gasteiger partial charge >= 0.3 is 12.3 Å². The maximum absolute atomic E-state index is 13.3. The van der Waals surface area contributed by atoms with Crippen molar-refractivity contribution >= 4 is 29.0 Å². The van der Waals surface area contributed by atoms with Crippen molar-refractivity contribution in [2.75, 3.05) is 6.61 Å². The number of hydrogen-bond donors (Lipinski definition) is 1. The fraction of sp³-hybridized carbons (Fsp3) is 0.200. The van der Waals surface area contributed by atoms with Crippen LogP contribution in [0.5, 0.6) is 5.75 Å². The first-order valence-corrected chi connectivity index (χ1v) is 11.8. The number of hydrogen-bond acceptors (Lipinski definition) is 7. The molecule has 0 saturated carbocycles. The Kier molecular flexibility index (Phi) is 7.97. The van der Waals surface area contributed by atoms with Crippen molar-refractivity contribution in [1.82, 2.24) is 14.9 Å². The van der Waals surface area contributed by atoms with Crippen molar-refractivity contribution in [3.8, 4) is 5.75 Å². The van der Waals surface area contributed by atoms with Gasteiger partial charge in [0.15, 0.2) is 0 Å². The molecule has 0 bridgehead atoms. The minimum atomic E-state index is -4.52. The van der Waals surface area contributed by atoms with E-state index in [9.17, 15) is 27.6 Å². The first-order valence-electron chi connectivity index (χ1n) is 10.9. The second kappa shape index (κ2) is 11.3. The SMILES string of the molecule is O=C1NC(=O)C(Cc2ccc(OCC(C=COC(=O)n3ccnc3)c3cccc(C(F)(F)F)c3)cc2)S1. The molecule has 1 fully saturated rings. The summed E-state index contributed by atoms with van der Waals surface area (Å²) in [5.74, 6) is -0.564. The van der Waals surface area contributed by atoms with Crippen LogP contribution in [-0.4, -0.2) is 38.6 Å². The number of nitrogens with zero attached hydrogens (tertiary/aromatic N) is 2. The number of ether oxygens (including phenoxy) is 2. The Labute approximate surface area is 213 Å². The van der Waals surface area contributed by atoms with Gasteiger partial charge in [-0.05, 0) is 41.8 Å². The molecule has 2 unspecified atom stereocenters. The number of thioether (sulfide) groups is 1. The van der Waals surface area contributed by atoms with Crippen LogP contribution in [0, 0.1) is 0 Å². The van der Waals surface area contributed by atoms with Gasteiger partial charge in [0.2, 0.25) is 5.91 Å². The van der Waals surface area contributed by atoms with E-state index in [1.165, 1.54) is 36.9 Å². The molecule has 0 aliphatic carbocycles. The van der Waals surface area contributed by atoms with Gasteiger partial charge in [0.25, 0.3) is 5.24 Å². The Morgan fingerprint density at radius 2 is 1.97 bits per heavy atom. The van der Waals surface area contributed by atoms with Crippen LogP contribution in [-0.2, 0) is 22.1 Å². The lowest BCUT2D eigenvalue weighted by atomic mass is 9.98. The monoisotopic (exact) mass is 531 g/mol. The zero-order valence-electron chi connectivity index (χ0n) is 19.1. The van der Waals surface area contributed by atoms with Crippen LogP contribution in [0.3, 0.4) is 0 Å². The van der Waals surface area contributed by atoms with Gasteiger partial charge in [-0.15, -0.1) is 0 Å². The van der Waals surface area contributed by atoms with Crippen molar-refractivity contribution in [3.05, 3.63) is 96.3 Å². The van der Waals surface area contributed by atoms with E-state index in [0.717, 1.165) is 40.3 Å². The smallest absolute Gasteiger partial charge is 0.424 e. The quantitative estimate of drug-likeness (QED) is 0.401. The van der Waals surface area contributed by atoms with Crippen LogP contribution in [0.4, 0.5) is 22.8 Å². The third-order valence-corrected chi connectivity index (χ3v) is 6.36. The Morgan fingerprint density at radius 1 is 1.19 bits per heavy atom. The highest BCUT2D eigenvalue weighted by Crippen LogP contribution is 2.32. The number of amides is 2. The fourth-order valence-electron chi connectivity index (χ4n) is 3.48. The number of imidazole rings is 1. The number of benzene rings is 2. The summed E-state index contributed by atoms with van der Waals surface area (Å²) in [5, 5.41) is 1.36. The summed E-state index contributed by atoms with van der Waals surface area (Å²) in [6.07, 6.45) is 1.69. The summed E-state index contributed by atoms with van der Waals surface area (Å²) in [6, 6.07) is 11.6. The molecule has 1 N–H and O–H groups in total. The zero-order valence-corrected chi connectivity index (χ0v) is 19.9. The summed E-state index contributed by atoms with van der Waals surface area (Å²) in [7, 11) is 0. The normalized spacial score (nSPS) is 16.6. The number of rotatable bonds is 8. The molecule has 12 heteroatoms. The van der Waals surface area contributed by atoms with E-state index in [1.54, 1.807) is 24.3 Å². The third-order valence-electron chi connectivity index (χ3n) is 5.38. The Balaban J connectivity index is 1.44. The minimum Gasteiger partial charge on any atom is -0.493 e. The number of carbonyl (C=O) groups is 3. The van der Waals surface area contributed by atoms with Crippen LogP contribution in [0.1, 0.15) is 22.6 Å². The summed E-state index contributed by atoms with van der Waals surface area (Å²) >= 11 is 0.937. The number of imide groups is 1. The van der Waals surface area contributed by atoms with Crippen molar-refractivity contribution in [2.24, 2.45) is 0 Å². The predicted molar refractivity (Wildman–Crippen MR) is 128 cm³/mol. The molecule has 3 aromatic rings. The molecule has 2 aromatic carbocycles. The van der Waals surface area contributed by atoms with E-state index in [2.05, 4.69) is 10.3 Å². The topological polar surface area (TPSA) is 99.5 Å². The third kappa shape index (κ3) is 7.00. The average Bonchev–Trinajstić information content (AvgIpc) is 3.51. The second-order valence-corrected chi connectivity index (χ2v) is 9.13. The number of halogens is 3. The fourth-order valence-corrected chi connectivity index (χ4v) is 4.34. The van der Waals surface area contributed by atoms with E-state index in [-0.39, 0.29) is 17.8 Å². The van der Waals surface area contributed by atoms with Crippen molar-refractivity contribution in [2.45, 2.75) is 23.8 Å². The van der Waals surface area contributed by atoms with Crippen molar-refractivity contribution < 1.29 is 37.0 Å². The molecule has 1 aromatic heterocycles. The van der Waals surface area contributed by atoms with E-state index >= 15 is 0 Å². The first-order chi connectivity index (χ1) is 17.7. The maximum Gasteiger partial charge on any atom is 0.424 e.